The maximum Gasteiger partial charge on any atom is 0.220 e. The first-order chi connectivity index (χ1) is 43.8. The van der Waals surface area contributed by atoms with Gasteiger partial charge in [0, 0.05) is 6.42 Å². The zero-order chi connectivity index (χ0) is 64.2. The first kappa shape index (κ1) is 84.9. The van der Waals surface area contributed by atoms with Crippen LogP contribution in [0.2, 0.25) is 0 Å². The molecule has 6 N–H and O–H groups in total. The van der Waals surface area contributed by atoms with Crippen molar-refractivity contribution in [3.8, 4) is 0 Å². The molecule has 0 radical (unpaired) electrons. The summed E-state index contributed by atoms with van der Waals surface area (Å²) in [6.07, 6.45) is 89.4. The molecule has 1 aliphatic heterocycles. The molecule has 0 bridgehead atoms. The first-order valence-corrected chi connectivity index (χ1v) is 39.0. The van der Waals surface area contributed by atoms with Gasteiger partial charge in [0.1, 0.15) is 24.4 Å². The SMILES string of the molecule is CCCCCCC/C=C\C/C=C\CCCCCCCCCCCCCCCCCCCCCCCCCC(=O)NC(COC1OC(CO)C(O)C(O)C1O)C(O)/C=C/CC/C=C/CC/C=C/CCCCCCCCCCCCCCCCCCCCCCC. The number of aliphatic hydroxyl groups is 5. The van der Waals surface area contributed by atoms with Crippen LogP contribution in [0.4, 0.5) is 0 Å². The van der Waals surface area contributed by atoms with E-state index in [9.17, 15) is 30.3 Å². The highest BCUT2D eigenvalue weighted by Crippen LogP contribution is 2.24. The highest BCUT2D eigenvalue weighted by Gasteiger charge is 2.44. The van der Waals surface area contributed by atoms with E-state index in [4.69, 9.17) is 9.47 Å². The molecular formula is C80H149NO8. The van der Waals surface area contributed by atoms with E-state index in [0.29, 0.717) is 6.42 Å². The lowest BCUT2D eigenvalue weighted by Gasteiger charge is -2.40. The Morgan fingerprint density at radius 2 is 0.674 bits per heavy atom. The highest BCUT2D eigenvalue weighted by atomic mass is 16.7. The Morgan fingerprint density at radius 1 is 0.382 bits per heavy atom. The third-order valence-corrected chi connectivity index (χ3v) is 18.5. The lowest BCUT2D eigenvalue weighted by Crippen LogP contribution is -2.60. The maximum atomic E-state index is 13.2. The van der Waals surface area contributed by atoms with Crippen LogP contribution in [0.5, 0.6) is 0 Å². The van der Waals surface area contributed by atoms with Crippen molar-refractivity contribution in [3.05, 3.63) is 60.8 Å². The second-order valence-corrected chi connectivity index (χ2v) is 27.1. The Bertz CT molecular complexity index is 1600. The van der Waals surface area contributed by atoms with Crippen LogP contribution in [0.3, 0.4) is 0 Å². The molecule has 1 heterocycles. The second-order valence-electron chi connectivity index (χ2n) is 27.1. The quantitative estimate of drug-likeness (QED) is 0.0261. The molecule has 7 atom stereocenters. The molecule has 522 valence electrons. The third kappa shape index (κ3) is 57.1. The molecule has 89 heavy (non-hydrogen) atoms. The largest absolute Gasteiger partial charge is 0.394 e. The van der Waals surface area contributed by atoms with Gasteiger partial charge in [-0.2, -0.15) is 0 Å². The lowest BCUT2D eigenvalue weighted by atomic mass is 9.99. The van der Waals surface area contributed by atoms with Gasteiger partial charge in [0.15, 0.2) is 6.29 Å². The number of amides is 1. The van der Waals surface area contributed by atoms with Gasteiger partial charge in [-0.3, -0.25) is 4.79 Å². The van der Waals surface area contributed by atoms with Crippen LogP contribution >= 0.6 is 0 Å². The van der Waals surface area contributed by atoms with Gasteiger partial charge in [-0.1, -0.05) is 364 Å². The van der Waals surface area contributed by atoms with E-state index in [-0.39, 0.29) is 12.5 Å². The van der Waals surface area contributed by atoms with E-state index in [1.165, 1.54) is 315 Å². The van der Waals surface area contributed by atoms with E-state index in [1.807, 2.05) is 6.08 Å². The number of aliphatic hydroxyl groups excluding tert-OH is 5. The smallest absolute Gasteiger partial charge is 0.220 e. The van der Waals surface area contributed by atoms with E-state index in [2.05, 4.69) is 67.8 Å². The Balaban J connectivity index is 2.10. The molecule has 9 nitrogen and oxygen atoms in total. The molecule has 1 amide bonds. The van der Waals surface area contributed by atoms with Crippen LogP contribution in [0, 0.1) is 0 Å². The maximum absolute atomic E-state index is 13.2. The minimum atomic E-state index is -1.58. The number of hydrogen-bond acceptors (Lipinski definition) is 8. The van der Waals surface area contributed by atoms with Crippen molar-refractivity contribution >= 4 is 5.91 Å². The van der Waals surface area contributed by atoms with Gasteiger partial charge >= 0.3 is 0 Å². The summed E-state index contributed by atoms with van der Waals surface area (Å²) in [6.45, 7) is 3.80. The number of allylic oxidation sites excluding steroid dienone is 9. The second kappa shape index (κ2) is 68.7. The summed E-state index contributed by atoms with van der Waals surface area (Å²) in [5.41, 5.74) is 0. The molecule has 0 spiro atoms. The van der Waals surface area contributed by atoms with Crippen LogP contribution < -0.4 is 5.32 Å². The van der Waals surface area contributed by atoms with Crippen molar-refractivity contribution in [1.82, 2.24) is 5.32 Å². The Morgan fingerprint density at radius 3 is 1.01 bits per heavy atom. The Labute approximate surface area is 551 Å². The number of carbonyl (C=O) groups excluding carboxylic acids is 1. The van der Waals surface area contributed by atoms with Crippen molar-refractivity contribution in [3.63, 3.8) is 0 Å². The summed E-state index contributed by atoms with van der Waals surface area (Å²) < 4.78 is 11.3. The van der Waals surface area contributed by atoms with Crippen LogP contribution in [0.15, 0.2) is 60.8 Å². The predicted octanol–water partition coefficient (Wildman–Crippen LogP) is 22.1. The fraction of sp³-hybridized carbons (Fsp3) is 0.863. The summed E-state index contributed by atoms with van der Waals surface area (Å²) in [4.78, 5) is 13.2. The minimum absolute atomic E-state index is 0.184. The topological polar surface area (TPSA) is 149 Å². The predicted molar refractivity (Wildman–Crippen MR) is 382 cm³/mol. The van der Waals surface area contributed by atoms with Gasteiger partial charge in [0.05, 0.1) is 25.4 Å². The molecule has 0 aromatic heterocycles. The van der Waals surface area contributed by atoms with Gasteiger partial charge in [-0.05, 0) is 77.0 Å². The Kier molecular flexibility index (Phi) is 65.6. The zero-order valence-electron chi connectivity index (χ0n) is 58.7. The number of unbranched alkanes of at least 4 members (excludes halogenated alkanes) is 51. The van der Waals surface area contributed by atoms with Gasteiger partial charge in [-0.25, -0.2) is 0 Å². The van der Waals surface area contributed by atoms with Gasteiger partial charge < -0.3 is 40.3 Å². The fourth-order valence-corrected chi connectivity index (χ4v) is 12.5. The summed E-state index contributed by atoms with van der Waals surface area (Å²) in [5, 5.41) is 54.8. The zero-order valence-corrected chi connectivity index (χ0v) is 58.7. The summed E-state index contributed by atoms with van der Waals surface area (Å²) in [5.74, 6) is -0.184. The number of ether oxygens (including phenoxy) is 2. The van der Waals surface area contributed by atoms with Crippen LogP contribution in [0.1, 0.15) is 386 Å². The molecule has 0 aliphatic carbocycles. The normalized spacial score (nSPS) is 18.1. The molecule has 0 aromatic carbocycles. The monoisotopic (exact) mass is 1250 g/mol. The third-order valence-electron chi connectivity index (χ3n) is 18.5. The molecule has 7 unspecified atom stereocenters. The van der Waals surface area contributed by atoms with Crippen LogP contribution in [0.25, 0.3) is 0 Å². The number of carbonyl (C=O) groups is 1. The van der Waals surface area contributed by atoms with Crippen LogP contribution in [-0.4, -0.2) is 87.5 Å². The molecule has 1 aliphatic rings. The van der Waals surface area contributed by atoms with E-state index in [1.54, 1.807) is 6.08 Å². The lowest BCUT2D eigenvalue weighted by molar-refractivity contribution is -0.302. The van der Waals surface area contributed by atoms with Crippen molar-refractivity contribution in [2.24, 2.45) is 0 Å². The average Bonchev–Trinajstić information content (AvgIpc) is 2.28. The highest BCUT2D eigenvalue weighted by molar-refractivity contribution is 5.76. The average molecular weight is 1250 g/mol. The number of rotatable bonds is 69. The van der Waals surface area contributed by atoms with E-state index in [0.717, 1.165) is 51.4 Å². The van der Waals surface area contributed by atoms with Crippen molar-refractivity contribution in [2.75, 3.05) is 13.2 Å². The molecule has 9 heteroatoms. The number of hydrogen-bond donors (Lipinski definition) is 6. The summed E-state index contributed by atoms with van der Waals surface area (Å²) in [6, 6.07) is -0.831. The van der Waals surface area contributed by atoms with Gasteiger partial charge in [0.25, 0.3) is 0 Å². The Hall–Kier alpha value is -2.11. The molecule has 0 saturated carbocycles. The van der Waals surface area contributed by atoms with Crippen LogP contribution in [-0.2, 0) is 14.3 Å². The van der Waals surface area contributed by atoms with Crippen molar-refractivity contribution in [1.29, 1.82) is 0 Å². The molecular weight excluding hydrogens is 1100 g/mol. The van der Waals surface area contributed by atoms with Crippen molar-refractivity contribution in [2.45, 2.75) is 429 Å². The molecule has 0 aromatic rings. The van der Waals surface area contributed by atoms with Gasteiger partial charge in [-0.15, -0.1) is 0 Å². The molecule has 1 fully saturated rings. The fourth-order valence-electron chi connectivity index (χ4n) is 12.5. The molecule has 1 saturated heterocycles. The standard InChI is InChI=1S/C80H149NO8/c1-3-5-7-9-11-13-15-17-19-21-23-25-27-29-31-33-35-36-37-38-40-42-44-46-48-50-52-54-56-58-60-62-64-66-68-70-76(84)81-73(72-88-80-79(87)78(86)77(85)75(71-82)89-80)74(83)69-67-65-63-61-59-57-55-53-51-49-47-45-43-41-39-34-32-30-28-26-24-22-20-18-16-14-12-10-8-6-4-2/h15,17,21,23,51,53,59,61,67,69,73-75,77-80,82-83,85-87H,3-14,16,18-20,22,24-50,52,54-58,60,62-66,68,70-72H2,1-2H3,(H,81,84)/b17-15-,23-21-,53-51+,61-59+,69-67+. The van der Waals surface area contributed by atoms with E-state index < -0.39 is 49.5 Å². The number of nitrogens with one attached hydrogen (secondary N) is 1. The summed E-state index contributed by atoms with van der Waals surface area (Å²) >= 11 is 0. The van der Waals surface area contributed by atoms with Crippen molar-refractivity contribution < 1.29 is 39.8 Å². The minimum Gasteiger partial charge on any atom is -0.394 e. The summed E-state index contributed by atoms with van der Waals surface area (Å²) in [7, 11) is 0. The van der Waals surface area contributed by atoms with E-state index >= 15 is 0 Å². The first-order valence-electron chi connectivity index (χ1n) is 39.0. The molecule has 1 rings (SSSR count). The van der Waals surface area contributed by atoms with Gasteiger partial charge in [0.2, 0.25) is 5.91 Å².